The Kier molecular flexibility index (Phi) is 3.94. The van der Waals surface area contributed by atoms with Crippen molar-refractivity contribution in [1.29, 1.82) is 0 Å². The first kappa shape index (κ1) is 10.3. The van der Waals surface area contributed by atoms with Gasteiger partial charge in [0.15, 0.2) is 0 Å². The maximum Gasteiger partial charge on any atom is 0.0201 e. The summed E-state index contributed by atoms with van der Waals surface area (Å²) in [6.45, 7) is 14.4. The SMILES string of the molecule is C=C(C)/C(C)=C(\C)NC(C)C. The third-order valence-corrected chi connectivity index (χ3v) is 1.71. The summed E-state index contributed by atoms with van der Waals surface area (Å²) in [6, 6.07) is 0.504. The molecule has 0 aliphatic heterocycles. The molecule has 1 nitrogen and oxygen atoms in total. The molecule has 0 amide bonds. The van der Waals surface area contributed by atoms with Crippen molar-refractivity contribution in [2.75, 3.05) is 0 Å². The molecule has 0 saturated carbocycles. The molecule has 0 radical (unpaired) electrons. The number of hydrogen-bond acceptors (Lipinski definition) is 1. The maximum atomic E-state index is 3.89. The van der Waals surface area contributed by atoms with Gasteiger partial charge in [0.2, 0.25) is 0 Å². The molecule has 11 heavy (non-hydrogen) atoms. The first-order chi connectivity index (χ1) is 4.95. The largest absolute Gasteiger partial charge is 0.386 e. The molecule has 64 valence electrons. The van der Waals surface area contributed by atoms with Crippen LogP contribution in [0.1, 0.15) is 34.6 Å². The Labute approximate surface area is 70.2 Å². The van der Waals surface area contributed by atoms with Gasteiger partial charge < -0.3 is 5.32 Å². The second-order valence-electron chi connectivity index (χ2n) is 3.33. The molecule has 0 aromatic heterocycles. The molecular weight excluding hydrogens is 134 g/mol. The summed E-state index contributed by atoms with van der Waals surface area (Å²) < 4.78 is 0. The fourth-order valence-electron chi connectivity index (χ4n) is 0.861. The minimum absolute atomic E-state index is 0.504. The topological polar surface area (TPSA) is 12.0 Å². The summed E-state index contributed by atoms with van der Waals surface area (Å²) in [5.74, 6) is 0. The highest BCUT2D eigenvalue weighted by molar-refractivity contribution is 5.27. The minimum atomic E-state index is 0.504. The van der Waals surface area contributed by atoms with Gasteiger partial charge in [-0.3, -0.25) is 0 Å². The highest BCUT2D eigenvalue weighted by Gasteiger charge is 1.98. The van der Waals surface area contributed by atoms with Crippen molar-refractivity contribution >= 4 is 0 Å². The van der Waals surface area contributed by atoms with Crippen molar-refractivity contribution in [1.82, 2.24) is 5.32 Å². The number of allylic oxidation sites excluding steroid dienone is 3. The second-order valence-corrected chi connectivity index (χ2v) is 3.33. The molecular formula is C10H19N. The Bertz CT molecular complexity index is 175. The van der Waals surface area contributed by atoms with Crippen LogP contribution in [0.2, 0.25) is 0 Å². The average molecular weight is 153 g/mol. The van der Waals surface area contributed by atoms with E-state index in [0.717, 1.165) is 5.57 Å². The van der Waals surface area contributed by atoms with Gasteiger partial charge in [-0.15, -0.1) is 0 Å². The fraction of sp³-hybridized carbons (Fsp3) is 0.600. The summed E-state index contributed by atoms with van der Waals surface area (Å²) >= 11 is 0. The lowest BCUT2D eigenvalue weighted by atomic mass is 10.1. The molecule has 1 heteroatoms. The molecule has 0 saturated heterocycles. The van der Waals surface area contributed by atoms with E-state index in [1.807, 2.05) is 6.92 Å². The highest BCUT2D eigenvalue weighted by Crippen LogP contribution is 2.09. The van der Waals surface area contributed by atoms with E-state index < -0.39 is 0 Å². The van der Waals surface area contributed by atoms with Crippen molar-refractivity contribution in [2.24, 2.45) is 0 Å². The van der Waals surface area contributed by atoms with Gasteiger partial charge in [0, 0.05) is 11.7 Å². The highest BCUT2D eigenvalue weighted by atomic mass is 14.9. The van der Waals surface area contributed by atoms with Crippen LogP contribution in [-0.2, 0) is 0 Å². The summed E-state index contributed by atoms with van der Waals surface area (Å²) in [6.07, 6.45) is 0. The van der Waals surface area contributed by atoms with Crippen LogP contribution in [0.25, 0.3) is 0 Å². The van der Waals surface area contributed by atoms with Gasteiger partial charge in [0.1, 0.15) is 0 Å². The van der Waals surface area contributed by atoms with Crippen molar-refractivity contribution in [2.45, 2.75) is 40.7 Å². The van der Waals surface area contributed by atoms with Gasteiger partial charge in [-0.05, 0) is 40.2 Å². The molecule has 1 N–H and O–H groups in total. The fourth-order valence-corrected chi connectivity index (χ4v) is 0.861. The van der Waals surface area contributed by atoms with Crippen LogP contribution in [0, 0.1) is 0 Å². The molecule has 0 atom stereocenters. The standard InChI is InChI=1S/C10H19N/c1-7(2)9(5)10(6)11-8(3)4/h8,11H,1H2,2-6H3/b10-9+. The third-order valence-electron chi connectivity index (χ3n) is 1.71. The van der Waals surface area contributed by atoms with Gasteiger partial charge in [-0.1, -0.05) is 12.2 Å². The normalized spacial score (nSPS) is 12.9. The van der Waals surface area contributed by atoms with E-state index >= 15 is 0 Å². The van der Waals surface area contributed by atoms with Gasteiger partial charge in [-0.2, -0.15) is 0 Å². The van der Waals surface area contributed by atoms with Crippen LogP contribution < -0.4 is 5.32 Å². The Morgan fingerprint density at radius 3 is 1.91 bits per heavy atom. The third kappa shape index (κ3) is 3.87. The summed E-state index contributed by atoms with van der Waals surface area (Å²) in [7, 11) is 0. The summed E-state index contributed by atoms with van der Waals surface area (Å²) in [5.41, 5.74) is 3.63. The monoisotopic (exact) mass is 153 g/mol. The number of hydrogen-bond donors (Lipinski definition) is 1. The van der Waals surface area contributed by atoms with E-state index in [2.05, 4.69) is 39.6 Å². The first-order valence-electron chi connectivity index (χ1n) is 4.05. The van der Waals surface area contributed by atoms with Crippen molar-refractivity contribution in [3.8, 4) is 0 Å². The molecule has 0 aromatic rings. The minimum Gasteiger partial charge on any atom is -0.386 e. The lowest BCUT2D eigenvalue weighted by Gasteiger charge is -2.13. The zero-order chi connectivity index (χ0) is 9.02. The number of nitrogens with one attached hydrogen (secondary N) is 1. The maximum absolute atomic E-state index is 3.89. The summed E-state index contributed by atoms with van der Waals surface area (Å²) in [5, 5.41) is 3.34. The van der Waals surface area contributed by atoms with E-state index in [9.17, 15) is 0 Å². The van der Waals surface area contributed by atoms with Crippen LogP contribution in [0.15, 0.2) is 23.4 Å². The van der Waals surface area contributed by atoms with Crippen LogP contribution in [0.3, 0.4) is 0 Å². The van der Waals surface area contributed by atoms with Gasteiger partial charge in [0.05, 0.1) is 0 Å². The van der Waals surface area contributed by atoms with E-state index in [0.29, 0.717) is 6.04 Å². The van der Waals surface area contributed by atoms with Crippen LogP contribution in [-0.4, -0.2) is 6.04 Å². The lowest BCUT2D eigenvalue weighted by molar-refractivity contribution is 0.664. The predicted molar refractivity (Wildman–Crippen MR) is 51.5 cm³/mol. The zero-order valence-corrected chi connectivity index (χ0v) is 8.28. The second kappa shape index (κ2) is 4.22. The number of rotatable bonds is 3. The molecule has 0 heterocycles. The Morgan fingerprint density at radius 2 is 1.64 bits per heavy atom. The predicted octanol–water partition coefficient (Wildman–Crippen LogP) is 2.85. The van der Waals surface area contributed by atoms with E-state index in [4.69, 9.17) is 0 Å². The Morgan fingerprint density at radius 1 is 1.18 bits per heavy atom. The van der Waals surface area contributed by atoms with Gasteiger partial charge in [0.25, 0.3) is 0 Å². The molecule has 0 bridgehead atoms. The van der Waals surface area contributed by atoms with Gasteiger partial charge in [-0.25, -0.2) is 0 Å². The van der Waals surface area contributed by atoms with E-state index in [-0.39, 0.29) is 0 Å². The zero-order valence-electron chi connectivity index (χ0n) is 8.28. The van der Waals surface area contributed by atoms with Crippen molar-refractivity contribution < 1.29 is 0 Å². The van der Waals surface area contributed by atoms with E-state index in [1.54, 1.807) is 0 Å². The molecule has 0 unspecified atom stereocenters. The summed E-state index contributed by atoms with van der Waals surface area (Å²) in [4.78, 5) is 0. The van der Waals surface area contributed by atoms with Crippen molar-refractivity contribution in [3.63, 3.8) is 0 Å². The van der Waals surface area contributed by atoms with Crippen LogP contribution in [0.4, 0.5) is 0 Å². The molecule has 0 fully saturated rings. The van der Waals surface area contributed by atoms with Crippen LogP contribution >= 0.6 is 0 Å². The molecule has 0 spiro atoms. The van der Waals surface area contributed by atoms with Gasteiger partial charge >= 0.3 is 0 Å². The van der Waals surface area contributed by atoms with E-state index in [1.165, 1.54) is 11.3 Å². The smallest absolute Gasteiger partial charge is 0.0201 e. The Hall–Kier alpha value is -0.720. The van der Waals surface area contributed by atoms with Crippen molar-refractivity contribution in [3.05, 3.63) is 23.4 Å². The molecule has 0 aliphatic carbocycles. The molecule has 0 aromatic carbocycles. The average Bonchev–Trinajstić information content (AvgIpc) is 1.84. The van der Waals surface area contributed by atoms with Crippen LogP contribution in [0.5, 0.6) is 0 Å². The first-order valence-corrected chi connectivity index (χ1v) is 4.05. The quantitative estimate of drug-likeness (QED) is 0.615. The molecule has 0 rings (SSSR count). The lowest BCUT2D eigenvalue weighted by Crippen LogP contribution is -2.21. The Balaban J connectivity index is 4.28. The molecule has 0 aliphatic rings.